The number of carbonyl (C=O) groups excluding carboxylic acids is 11. The van der Waals surface area contributed by atoms with Crippen LogP contribution in [0.1, 0.15) is 153 Å². The number of H-pyrrole nitrogens is 1. The Labute approximate surface area is 668 Å². The third kappa shape index (κ3) is 16.8. The van der Waals surface area contributed by atoms with Gasteiger partial charge < -0.3 is 108 Å². The number of carbonyl (C=O) groups is 11. The van der Waals surface area contributed by atoms with Crippen LogP contribution in [0.15, 0.2) is 48.6 Å². The lowest BCUT2D eigenvalue weighted by Gasteiger charge is -2.63. The molecule has 1 aromatic heterocycles. The molecular formula is C81H118N14O20. The number of esters is 1. The number of nitrogens with zero attached hydrogens (tertiary/aromatic N) is 4. The van der Waals surface area contributed by atoms with Gasteiger partial charge in [0, 0.05) is 116 Å². The lowest BCUT2D eigenvalue weighted by Crippen LogP contribution is -2.81. The Bertz CT molecular complexity index is 4170. The van der Waals surface area contributed by atoms with Crippen molar-refractivity contribution in [2.45, 2.75) is 226 Å². The van der Waals surface area contributed by atoms with Crippen LogP contribution in [0.3, 0.4) is 0 Å². The fourth-order valence-electron chi connectivity index (χ4n) is 20.5. The number of anilines is 1. The van der Waals surface area contributed by atoms with Crippen LogP contribution in [0.2, 0.25) is 0 Å². The number of aromatic amines is 1. The van der Waals surface area contributed by atoms with Gasteiger partial charge >= 0.3 is 5.97 Å². The van der Waals surface area contributed by atoms with E-state index in [9.17, 15) is 78.9 Å². The average molecular weight is 1610 g/mol. The number of primary amides is 1. The minimum atomic E-state index is -2.53. The van der Waals surface area contributed by atoms with Gasteiger partial charge in [-0.05, 0) is 125 Å². The summed E-state index contributed by atoms with van der Waals surface area (Å²) < 4.78 is 12.5. The van der Waals surface area contributed by atoms with Crippen LogP contribution in [0, 0.1) is 23.2 Å². The first-order valence-electron chi connectivity index (χ1n) is 40.7. The van der Waals surface area contributed by atoms with Gasteiger partial charge in [-0.2, -0.15) is 0 Å². The van der Waals surface area contributed by atoms with E-state index in [0.29, 0.717) is 113 Å². The molecule has 2 saturated carbocycles. The maximum atomic E-state index is 15.7. The number of likely N-dealkylation sites (tertiary alicyclic amines) is 1. The number of aromatic nitrogens is 1. The number of likely N-dealkylation sites (N-methyl/N-ethyl adjacent to an activating group) is 1. The molecule has 2 aliphatic carbocycles. The molecule has 1 spiro atoms. The quantitative estimate of drug-likeness (QED) is 0.0176. The smallest absolute Gasteiger partial charge is 0.322 e. The molecule has 2 bridgehead atoms. The number of methoxy groups -OCH3 is 2. The molecule has 34 nitrogen and oxygen atoms in total. The minimum Gasteiger partial charge on any atom is -0.496 e. The second kappa shape index (κ2) is 35.9. The number of hydrogen-bond donors (Lipinski definition) is 17. The van der Waals surface area contributed by atoms with Crippen molar-refractivity contribution in [1.82, 2.24) is 62.2 Å². The molecule has 7 unspecified atom stereocenters. The zero-order chi connectivity index (χ0) is 83.4. The maximum absolute atomic E-state index is 15.7. The van der Waals surface area contributed by atoms with Crippen molar-refractivity contribution in [2.75, 3.05) is 98.3 Å². The predicted molar refractivity (Wildman–Crippen MR) is 419 cm³/mol. The van der Waals surface area contributed by atoms with E-state index >= 15 is 9.59 Å². The third-order valence-electron chi connectivity index (χ3n) is 25.9. The number of aliphatic hydroxyl groups excluding tert-OH is 5. The molecule has 11 rings (SSSR count). The third-order valence-corrected chi connectivity index (χ3v) is 25.9. The largest absolute Gasteiger partial charge is 0.496 e. The summed E-state index contributed by atoms with van der Waals surface area (Å²) in [7, 11) is 4.73. The van der Waals surface area contributed by atoms with Crippen molar-refractivity contribution >= 4 is 81.6 Å². The minimum absolute atomic E-state index is 0.0579. The van der Waals surface area contributed by atoms with E-state index in [1.54, 1.807) is 28.0 Å². The van der Waals surface area contributed by atoms with Crippen molar-refractivity contribution in [3.8, 4) is 5.75 Å². The van der Waals surface area contributed by atoms with Gasteiger partial charge in [0.1, 0.15) is 66.2 Å². The summed E-state index contributed by atoms with van der Waals surface area (Å²) in [6, 6.07) is -0.0406. The molecule has 8 aliphatic rings. The SMILES string of the molecule is CC[C@]1(O)CC2CN(CCc3c([nH]c4ccccc34)[C@@](C(=O)OC)(c3cc4c(cc3OC)N(C)C3C45CCN4CC=C[C@@](CC)(C45)[C@H](O)[C@@]3(O)C(=O)NCCCNC(=O)[C@H](CC(C)C)NC(=O)[C@H](CO)NC(=O)[C@H](CCC(N)=O)NC(=O)C(NC(=O)[C@H](CO)NC(=O)[C@H](C)NC(=O)C3C[C@@H](O)CN3C(=O)CO)C3CCCCC3)C2)C1. The fourth-order valence-corrected chi connectivity index (χ4v) is 20.5. The molecule has 7 heterocycles. The Balaban J connectivity index is 0.773. The van der Waals surface area contributed by atoms with Crippen LogP contribution < -0.4 is 57.9 Å². The average Bonchev–Trinajstić information content (AvgIpc) is 1.49. The summed E-state index contributed by atoms with van der Waals surface area (Å²) in [5.74, 6) is -10.2. The van der Waals surface area contributed by atoms with E-state index in [2.05, 4.69) is 57.3 Å². The summed E-state index contributed by atoms with van der Waals surface area (Å²) >= 11 is 0. The highest BCUT2D eigenvalue weighted by molar-refractivity contribution is 5.99. The van der Waals surface area contributed by atoms with Gasteiger partial charge in [0.25, 0.3) is 5.91 Å². The number of amides is 10. The second-order valence-electron chi connectivity index (χ2n) is 33.5. The molecule has 0 radical (unpaired) electrons. The Morgan fingerprint density at radius 3 is 2.07 bits per heavy atom. The predicted octanol–water partition coefficient (Wildman–Crippen LogP) is -2.37. The van der Waals surface area contributed by atoms with Crippen LogP contribution in [0.4, 0.5) is 5.69 Å². The Morgan fingerprint density at radius 2 is 1.41 bits per heavy atom. The molecule has 5 fully saturated rings. The van der Waals surface area contributed by atoms with Crippen molar-refractivity contribution < 1.29 is 98.0 Å². The number of nitrogens with two attached hydrogens (primary N) is 1. The summed E-state index contributed by atoms with van der Waals surface area (Å²) in [6.45, 7) is 8.22. The number of hydrogen-bond acceptors (Lipinski definition) is 23. The van der Waals surface area contributed by atoms with E-state index in [0.717, 1.165) is 33.4 Å². The molecule has 18 atom stereocenters. The highest BCUT2D eigenvalue weighted by Crippen LogP contribution is 2.68. The molecule has 6 aliphatic heterocycles. The van der Waals surface area contributed by atoms with E-state index in [1.165, 1.54) is 14.0 Å². The van der Waals surface area contributed by atoms with Crippen molar-refractivity contribution in [3.63, 3.8) is 0 Å². The van der Waals surface area contributed by atoms with Gasteiger partial charge in [-0.1, -0.05) is 77.3 Å². The summed E-state index contributed by atoms with van der Waals surface area (Å²) in [5, 5.41) is 102. The van der Waals surface area contributed by atoms with Crippen LogP contribution >= 0.6 is 0 Å². The topological polar surface area (TPSA) is 499 Å². The van der Waals surface area contributed by atoms with E-state index in [1.807, 2.05) is 67.3 Å². The number of piperidine rings is 1. The Hall–Kier alpha value is -8.87. The number of rotatable bonds is 32. The van der Waals surface area contributed by atoms with Gasteiger partial charge in [0.15, 0.2) is 5.60 Å². The Kier molecular flexibility index (Phi) is 27.2. The number of nitrogens with one attached hydrogen (secondary N) is 9. The zero-order valence-electron chi connectivity index (χ0n) is 67.1. The van der Waals surface area contributed by atoms with Crippen molar-refractivity contribution in [2.24, 2.45) is 28.9 Å². The van der Waals surface area contributed by atoms with Crippen LogP contribution in [0.5, 0.6) is 5.75 Å². The summed E-state index contributed by atoms with van der Waals surface area (Å²) in [4.78, 5) is 165. The van der Waals surface area contributed by atoms with Gasteiger partial charge in [-0.25, -0.2) is 0 Å². The second-order valence-corrected chi connectivity index (χ2v) is 33.5. The molecule has 10 amide bonds. The van der Waals surface area contributed by atoms with Gasteiger partial charge in [-0.3, -0.25) is 62.5 Å². The first-order valence-corrected chi connectivity index (χ1v) is 40.7. The van der Waals surface area contributed by atoms with Gasteiger partial charge in [-0.15, -0.1) is 0 Å². The maximum Gasteiger partial charge on any atom is 0.322 e. The van der Waals surface area contributed by atoms with Crippen LogP contribution in [0.25, 0.3) is 10.9 Å². The number of fused-ring (bicyclic) bond motifs is 6. The summed E-state index contributed by atoms with van der Waals surface area (Å²) in [5.41, 5.74) is 2.48. The van der Waals surface area contributed by atoms with Crippen LogP contribution in [-0.2, 0) is 74.7 Å². The van der Waals surface area contributed by atoms with E-state index in [-0.39, 0.29) is 57.2 Å². The van der Waals surface area contributed by atoms with Gasteiger partial charge in [0.2, 0.25) is 53.2 Å². The number of ether oxygens (including phenoxy) is 2. The monoisotopic (exact) mass is 1610 g/mol. The number of β-amino-alcohol motifs (C(OH)–C–C–N with tert-alkyl or cyclic N) is 1. The standard InChI is InChI=1S/C81H118N14O20/c1-9-77(112)36-46-37-80(76(111)115-8,64-50(24-30-93(38-46)43-77)49-20-14-15-21-53(49)86-64)52-34-51-58(35-60(52)114-7)92(6)73-79(51)26-31-94-29-16-25-78(10-2,72(79)94)74(109)81(73,113)75(110)84-28-17-27-83-66(103)55(32-44(3)4)88-68(105)56(40-96)90-67(104)54(22-23-61(82)100)87-71(108)63(47-18-12-11-13-19-47)91-69(106)57(41-97)89-65(102)45(5)85-70(107)59-33-48(99)39-95(59)62(101)42-98/h14-16,20-21,25,34-35,44-48,54-57,59,63,72-74,86,96-99,109,112-113H,9-13,17-19,22-24,26-33,36-43H2,1-8H3,(H2,82,100)(H,83,103)(H,84,110)(H,85,107)(H,87,108)(H,88,105)(H,89,102)(H,90,104)(H,91,106)/t45-,46?,48+,54-,55-,56-,57-,59?,63?,72?,73?,74-,77-,78-,79?,80-,81+/m0/s1. The van der Waals surface area contributed by atoms with E-state index in [4.69, 9.17) is 15.2 Å². The molecule has 34 heteroatoms. The number of aliphatic hydroxyl groups is 7. The molecule has 115 heavy (non-hydrogen) atoms. The lowest BCUT2D eigenvalue weighted by atomic mass is 9.47. The molecule has 2 aromatic carbocycles. The molecule has 18 N–H and O–H groups in total. The highest BCUT2D eigenvalue weighted by Gasteiger charge is 2.79. The molecule has 632 valence electrons. The Morgan fingerprint density at radius 1 is 0.739 bits per heavy atom. The highest BCUT2D eigenvalue weighted by atomic mass is 16.5. The normalized spacial score (nSPS) is 29.1. The van der Waals surface area contributed by atoms with Crippen LogP contribution in [-0.4, -0.2) is 292 Å². The molecule has 3 saturated heterocycles. The number of para-hydroxylation sites is 1. The fraction of sp³-hybridized carbons (Fsp3) is 0.667. The first-order chi connectivity index (χ1) is 54.8. The van der Waals surface area contributed by atoms with Gasteiger partial charge in [0.05, 0.1) is 45.2 Å². The number of benzene rings is 2. The summed E-state index contributed by atoms with van der Waals surface area (Å²) in [6.07, 6.45) is 5.65. The van der Waals surface area contributed by atoms with E-state index < -0.39 is 198 Å². The first kappa shape index (κ1) is 87.0. The van der Waals surface area contributed by atoms with Crippen molar-refractivity contribution in [3.05, 3.63) is 70.9 Å². The van der Waals surface area contributed by atoms with Crippen molar-refractivity contribution in [1.29, 1.82) is 0 Å². The molecule has 3 aromatic rings. The molecular weight excluding hydrogens is 1490 g/mol. The lowest BCUT2D eigenvalue weighted by molar-refractivity contribution is -0.203. The zero-order valence-corrected chi connectivity index (χ0v) is 67.1.